The number of carboxylic acid groups (broad SMARTS) is 1. The lowest BCUT2D eigenvalue weighted by atomic mass is 9.84. The lowest BCUT2D eigenvalue weighted by Crippen LogP contribution is -2.50. The molecule has 4 nitrogen and oxygen atoms in total. The molecule has 0 aromatic heterocycles. The Bertz CT molecular complexity index is 837. The molecule has 132 valence electrons. The first-order valence-electron chi connectivity index (χ1n) is 8.86. The molecule has 0 unspecified atom stereocenters. The average molecular weight is 338 g/mol. The maximum atomic E-state index is 11.7. The summed E-state index contributed by atoms with van der Waals surface area (Å²) in [6, 6.07) is 11.8. The summed E-state index contributed by atoms with van der Waals surface area (Å²) in [5, 5.41) is 15.5. The molecule has 3 rings (SSSR count). The van der Waals surface area contributed by atoms with Gasteiger partial charge in [-0.25, -0.2) is 4.79 Å². The first kappa shape index (κ1) is 17.5. The van der Waals surface area contributed by atoms with Crippen LogP contribution in [0.15, 0.2) is 41.4 Å². The van der Waals surface area contributed by atoms with Gasteiger partial charge in [0, 0.05) is 11.1 Å². The molecule has 1 heterocycles. The van der Waals surface area contributed by atoms with Crippen molar-refractivity contribution >= 4 is 22.6 Å². The molecule has 1 atom stereocenters. The molecule has 2 aromatic rings. The molecule has 0 radical (unpaired) electrons. The van der Waals surface area contributed by atoms with Crippen molar-refractivity contribution in [2.45, 2.75) is 52.1 Å². The fourth-order valence-electron chi connectivity index (χ4n) is 3.54. The van der Waals surface area contributed by atoms with E-state index in [-0.39, 0.29) is 11.5 Å². The fraction of sp³-hybridized carbons (Fsp3) is 0.429. The van der Waals surface area contributed by atoms with Gasteiger partial charge in [-0.05, 0) is 48.9 Å². The summed E-state index contributed by atoms with van der Waals surface area (Å²) < 4.78 is 0. The van der Waals surface area contributed by atoms with Crippen LogP contribution >= 0.6 is 0 Å². The SMILES string of the molecule is CC(C)C[C@@H](N=C1NC(C)(C)Cc2c1ccc1ccccc21)C(=O)O. The first-order chi connectivity index (χ1) is 11.8. The lowest BCUT2D eigenvalue weighted by molar-refractivity contribution is -0.138. The molecule has 0 amide bonds. The van der Waals surface area contributed by atoms with Crippen molar-refractivity contribution in [3.05, 3.63) is 47.5 Å². The Morgan fingerprint density at radius 1 is 1.24 bits per heavy atom. The Morgan fingerprint density at radius 3 is 2.64 bits per heavy atom. The number of hydrogen-bond acceptors (Lipinski definition) is 2. The van der Waals surface area contributed by atoms with E-state index in [9.17, 15) is 9.90 Å². The second-order valence-corrected chi connectivity index (χ2v) is 7.96. The number of carbonyl (C=O) groups is 1. The summed E-state index contributed by atoms with van der Waals surface area (Å²) in [5.74, 6) is 0.108. The van der Waals surface area contributed by atoms with E-state index in [1.807, 2.05) is 26.0 Å². The minimum atomic E-state index is -0.867. The van der Waals surface area contributed by atoms with Crippen LogP contribution in [0.4, 0.5) is 0 Å². The molecule has 1 aliphatic heterocycles. The maximum absolute atomic E-state index is 11.7. The molecule has 25 heavy (non-hydrogen) atoms. The standard InChI is InChI=1S/C21H26N2O2/c1-13(2)11-18(20(24)25)22-19-16-10-9-14-7-5-6-8-15(14)17(16)12-21(3,4)23-19/h5-10,13,18H,11-12H2,1-4H3,(H,22,23)(H,24,25)/t18-/m1/s1. The van der Waals surface area contributed by atoms with Gasteiger partial charge < -0.3 is 10.4 Å². The minimum Gasteiger partial charge on any atom is -0.480 e. The van der Waals surface area contributed by atoms with Gasteiger partial charge in [-0.15, -0.1) is 0 Å². The van der Waals surface area contributed by atoms with E-state index in [1.165, 1.54) is 16.3 Å². The van der Waals surface area contributed by atoms with Gasteiger partial charge in [0.15, 0.2) is 0 Å². The Hall–Kier alpha value is -2.36. The molecule has 2 aromatic carbocycles. The summed E-state index contributed by atoms with van der Waals surface area (Å²) in [4.78, 5) is 16.3. The van der Waals surface area contributed by atoms with Crippen LogP contribution in [-0.4, -0.2) is 28.5 Å². The van der Waals surface area contributed by atoms with Gasteiger partial charge in [-0.2, -0.15) is 0 Å². The van der Waals surface area contributed by atoms with Crippen LogP contribution in [0.1, 0.15) is 45.2 Å². The van der Waals surface area contributed by atoms with Crippen LogP contribution in [0.3, 0.4) is 0 Å². The van der Waals surface area contributed by atoms with Gasteiger partial charge in [0.25, 0.3) is 0 Å². The van der Waals surface area contributed by atoms with E-state index in [2.05, 4.69) is 48.4 Å². The van der Waals surface area contributed by atoms with E-state index < -0.39 is 12.0 Å². The van der Waals surface area contributed by atoms with Crippen molar-refractivity contribution in [1.29, 1.82) is 0 Å². The van der Waals surface area contributed by atoms with Crippen LogP contribution in [0.5, 0.6) is 0 Å². The van der Waals surface area contributed by atoms with Crippen molar-refractivity contribution in [2.75, 3.05) is 0 Å². The van der Waals surface area contributed by atoms with E-state index in [0.717, 1.165) is 12.0 Å². The number of amidine groups is 1. The zero-order valence-electron chi connectivity index (χ0n) is 15.3. The van der Waals surface area contributed by atoms with Crippen molar-refractivity contribution in [1.82, 2.24) is 5.32 Å². The van der Waals surface area contributed by atoms with Gasteiger partial charge >= 0.3 is 5.97 Å². The molecule has 4 heteroatoms. The van der Waals surface area contributed by atoms with Crippen LogP contribution in [0.2, 0.25) is 0 Å². The molecule has 0 fully saturated rings. The minimum absolute atomic E-state index is 0.170. The summed E-state index contributed by atoms with van der Waals surface area (Å²) in [6.07, 6.45) is 1.41. The Morgan fingerprint density at radius 2 is 1.96 bits per heavy atom. The molecule has 0 saturated carbocycles. The smallest absolute Gasteiger partial charge is 0.328 e. The number of nitrogens with one attached hydrogen (secondary N) is 1. The van der Waals surface area contributed by atoms with Crippen LogP contribution in [0.25, 0.3) is 10.8 Å². The van der Waals surface area contributed by atoms with Crippen LogP contribution in [0, 0.1) is 5.92 Å². The third-order valence-electron chi connectivity index (χ3n) is 4.64. The van der Waals surface area contributed by atoms with Crippen molar-refractivity contribution in [2.24, 2.45) is 10.9 Å². The van der Waals surface area contributed by atoms with Crippen molar-refractivity contribution in [3.63, 3.8) is 0 Å². The van der Waals surface area contributed by atoms with E-state index in [1.54, 1.807) is 0 Å². The predicted molar refractivity (Wildman–Crippen MR) is 102 cm³/mol. The fourth-order valence-corrected chi connectivity index (χ4v) is 3.54. The number of benzene rings is 2. The quantitative estimate of drug-likeness (QED) is 0.885. The van der Waals surface area contributed by atoms with E-state index in [4.69, 9.17) is 0 Å². The highest BCUT2D eigenvalue weighted by Gasteiger charge is 2.31. The van der Waals surface area contributed by atoms with Gasteiger partial charge in [0.2, 0.25) is 0 Å². The normalized spacial score (nSPS) is 18.8. The van der Waals surface area contributed by atoms with Crippen LogP contribution < -0.4 is 5.32 Å². The lowest BCUT2D eigenvalue weighted by Gasteiger charge is -2.36. The van der Waals surface area contributed by atoms with Gasteiger partial charge in [0.05, 0.1) is 0 Å². The molecule has 1 aliphatic rings. The maximum Gasteiger partial charge on any atom is 0.328 e. The molecule has 2 N–H and O–H groups in total. The Kier molecular flexibility index (Phi) is 4.55. The monoisotopic (exact) mass is 338 g/mol. The van der Waals surface area contributed by atoms with Crippen molar-refractivity contribution < 1.29 is 9.90 Å². The molecular formula is C21H26N2O2. The second-order valence-electron chi connectivity index (χ2n) is 7.96. The molecule has 0 bridgehead atoms. The predicted octanol–water partition coefficient (Wildman–Crippen LogP) is 4.01. The summed E-state index contributed by atoms with van der Waals surface area (Å²) >= 11 is 0. The highest BCUT2D eigenvalue weighted by molar-refractivity contribution is 6.06. The van der Waals surface area contributed by atoms with Gasteiger partial charge in [-0.3, -0.25) is 4.99 Å². The third kappa shape index (κ3) is 3.68. The van der Waals surface area contributed by atoms with Crippen LogP contribution in [-0.2, 0) is 11.2 Å². The number of carboxylic acids is 1. The molecule has 0 aliphatic carbocycles. The number of rotatable bonds is 4. The number of aliphatic imine (C=N–C) groups is 1. The Balaban J connectivity index is 2.14. The zero-order valence-corrected chi connectivity index (χ0v) is 15.3. The summed E-state index contributed by atoms with van der Waals surface area (Å²) in [5.41, 5.74) is 2.10. The summed E-state index contributed by atoms with van der Waals surface area (Å²) in [6.45, 7) is 8.31. The highest BCUT2D eigenvalue weighted by Crippen LogP contribution is 2.30. The van der Waals surface area contributed by atoms with E-state index in [0.29, 0.717) is 12.3 Å². The van der Waals surface area contributed by atoms with Gasteiger partial charge in [0.1, 0.15) is 11.9 Å². The average Bonchev–Trinajstić information content (AvgIpc) is 2.52. The number of aliphatic carboxylic acids is 1. The third-order valence-corrected chi connectivity index (χ3v) is 4.64. The second kappa shape index (κ2) is 6.51. The highest BCUT2D eigenvalue weighted by atomic mass is 16.4. The van der Waals surface area contributed by atoms with E-state index >= 15 is 0 Å². The number of fused-ring (bicyclic) bond motifs is 3. The van der Waals surface area contributed by atoms with Gasteiger partial charge in [-0.1, -0.05) is 50.2 Å². The number of hydrogen-bond donors (Lipinski definition) is 2. The molecule has 0 spiro atoms. The van der Waals surface area contributed by atoms with Crippen molar-refractivity contribution in [3.8, 4) is 0 Å². The Labute approximate surface area is 149 Å². The first-order valence-corrected chi connectivity index (χ1v) is 8.86. The number of nitrogens with zero attached hydrogens (tertiary/aromatic N) is 1. The molecule has 0 saturated heterocycles. The topological polar surface area (TPSA) is 61.7 Å². The largest absolute Gasteiger partial charge is 0.480 e. The molecular weight excluding hydrogens is 312 g/mol. The zero-order chi connectivity index (χ0) is 18.2. The summed E-state index contributed by atoms with van der Waals surface area (Å²) in [7, 11) is 0.